The second-order valence-corrected chi connectivity index (χ2v) is 9.48. The average molecular weight is 396 g/mol. The van der Waals surface area contributed by atoms with Crippen molar-refractivity contribution in [2.24, 2.45) is 11.5 Å². The van der Waals surface area contributed by atoms with Gasteiger partial charge in [0.2, 0.25) is 0 Å². The molecule has 0 aliphatic heterocycles. The molecule has 0 heterocycles. The van der Waals surface area contributed by atoms with Crippen LogP contribution in [0.3, 0.4) is 0 Å². The second-order valence-electron chi connectivity index (χ2n) is 9.48. The Bertz CT molecular complexity index is 753. The molecule has 160 valence electrons. The van der Waals surface area contributed by atoms with Gasteiger partial charge in [0, 0.05) is 5.69 Å². The number of hydrogen-bond acceptors (Lipinski definition) is 3. The second kappa shape index (κ2) is 9.77. The van der Waals surface area contributed by atoms with Crippen molar-refractivity contribution in [2.75, 3.05) is 5.32 Å². The summed E-state index contributed by atoms with van der Waals surface area (Å²) in [5, 5.41) is 3.63. The molecule has 0 aliphatic carbocycles. The summed E-state index contributed by atoms with van der Waals surface area (Å²) in [6, 6.07) is 12.8. The zero-order valence-corrected chi connectivity index (χ0v) is 19.6. The van der Waals surface area contributed by atoms with Crippen LogP contribution in [0.2, 0.25) is 0 Å². The molecule has 0 spiro atoms. The highest BCUT2D eigenvalue weighted by Crippen LogP contribution is 2.36. The van der Waals surface area contributed by atoms with Crippen molar-refractivity contribution >= 4 is 5.69 Å². The van der Waals surface area contributed by atoms with Gasteiger partial charge in [-0.2, -0.15) is 0 Å². The maximum absolute atomic E-state index is 6.83. The molecule has 2 aromatic rings. The van der Waals surface area contributed by atoms with E-state index in [9.17, 15) is 0 Å². The molecule has 0 aromatic heterocycles. The van der Waals surface area contributed by atoms with Crippen LogP contribution >= 0.6 is 0 Å². The lowest BCUT2D eigenvalue weighted by Gasteiger charge is -2.31. The van der Waals surface area contributed by atoms with E-state index >= 15 is 0 Å². The summed E-state index contributed by atoms with van der Waals surface area (Å²) in [7, 11) is 0. The van der Waals surface area contributed by atoms with Gasteiger partial charge in [-0.05, 0) is 51.5 Å². The van der Waals surface area contributed by atoms with Gasteiger partial charge in [-0.3, -0.25) is 0 Å². The summed E-state index contributed by atoms with van der Waals surface area (Å²) in [5.74, 6) is 1.62. The molecule has 0 saturated carbocycles. The number of rotatable bonds is 8. The first-order valence-electron chi connectivity index (χ1n) is 11.1. The summed E-state index contributed by atoms with van der Waals surface area (Å²) in [6.07, 6.45) is -0.371. The summed E-state index contributed by atoms with van der Waals surface area (Å²) < 4.78 is 0. The van der Waals surface area contributed by atoms with Gasteiger partial charge in [0.1, 0.15) is 0 Å². The smallest absolute Gasteiger partial charge is 0.0941 e. The molecule has 0 radical (unpaired) electrons. The third-order valence-electron chi connectivity index (χ3n) is 5.82. The lowest BCUT2D eigenvalue weighted by atomic mass is 9.84. The van der Waals surface area contributed by atoms with Gasteiger partial charge < -0.3 is 16.8 Å². The third kappa shape index (κ3) is 5.21. The molecule has 0 aliphatic rings. The first kappa shape index (κ1) is 23.4. The first-order chi connectivity index (χ1) is 13.6. The monoisotopic (exact) mass is 395 g/mol. The molecular formula is C26H41N3. The van der Waals surface area contributed by atoms with Crippen molar-refractivity contribution in [2.45, 2.75) is 91.3 Å². The fourth-order valence-electron chi connectivity index (χ4n) is 4.15. The SMILES string of the molecule is CC(C)c1cccc(C(C)C)c1NC(N)C(N)c1c(C(C)C)cccc1C(C)C. The zero-order valence-electron chi connectivity index (χ0n) is 19.6. The molecule has 2 atom stereocenters. The largest absolute Gasteiger partial charge is 0.368 e. The van der Waals surface area contributed by atoms with E-state index in [1.165, 1.54) is 27.8 Å². The quantitative estimate of drug-likeness (QED) is 0.442. The van der Waals surface area contributed by atoms with Gasteiger partial charge in [-0.15, -0.1) is 0 Å². The Kier molecular flexibility index (Phi) is 7.90. The minimum absolute atomic E-state index is 0.286. The molecular weight excluding hydrogens is 354 g/mol. The zero-order chi connectivity index (χ0) is 21.9. The third-order valence-corrected chi connectivity index (χ3v) is 5.82. The number of hydrogen-bond donors (Lipinski definition) is 3. The summed E-state index contributed by atoms with van der Waals surface area (Å²) in [5.41, 5.74) is 21.1. The minimum atomic E-state index is -0.371. The maximum Gasteiger partial charge on any atom is 0.0941 e. The molecule has 2 unspecified atom stereocenters. The highest BCUT2D eigenvalue weighted by Gasteiger charge is 2.25. The summed E-state index contributed by atoms with van der Waals surface area (Å²) >= 11 is 0. The van der Waals surface area contributed by atoms with Crippen LogP contribution < -0.4 is 16.8 Å². The van der Waals surface area contributed by atoms with E-state index in [-0.39, 0.29) is 12.2 Å². The number of nitrogens with one attached hydrogen (secondary N) is 1. The molecule has 3 heteroatoms. The van der Waals surface area contributed by atoms with Crippen LogP contribution in [-0.4, -0.2) is 6.17 Å². The molecule has 5 N–H and O–H groups in total. The highest BCUT2D eigenvalue weighted by atomic mass is 15.1. The van der Waals surface area contributed by atoms with Gasteiger partial charge in [0.25, 0.3) is 0 Å². The van der Waals surface area contributed by atoms with Crippen molar-refractivity contribution in [1.29, 1.82) is 0 Å². The van der Waals surface area contributed by atoms with Crippen molar-refractivity contribution in [1.82, 2.24) is 0 Å². The lowest BCUT2D eigenvalue weighted by molar-refractivity contribution is 0.579. The van der Waals surface area contributed by atoms with E-state index in [1.54, 1.807) is 0 Å². The van der Waals surface area contributed by atoms with E-state index in [0.717, 1.165) is 5.69 Å². The van der Waals surface area contributed by atoms with E-state index in [4.69, 9.17) is 11.5 Å². The normalized spacial score (nSPS) is 14.1. The molecule has 2 rings (SSSR count). The Morgan fingerprint density at radius 1 is 0.586 bits per heavy atom. The van der Waals surface area contributed by atoms with Crippen molar-refractivity contribution in [3.8, 4) is 0 Å². The average Bonchev–Trinajstić information content (AvgIpc) is 2.66. The minimum Gasteiger partial charge on any atom is -0.368 e. The Labute approximate surface area is 178 Å². The Balaban J connectivity index is 2.50. The van der Waals surface area contributed by atoms with Gasteiger partial charge in [-0.1, -0.05) is 91.8 Å². The van der Waals surface area contributed by atoms with Gasteiger partial charge in [0.15, 0.2) is 0 Å². The van der Waals surface area contributed by atoms with Crippen LogP contribution in [0.15, 0.2) is 36.4 Å². The van der Waals surface area contributed by atoms with Crippen LogP contribution in [0, 0.1) is 0 Å². The molecule has 0 saturated heterocycles. The lowest BCUT2D eigenvalue weighted by Crippen LogP contribution is -2.42. The van der Waals surface area contributed by atoms with Crippen LogP contribution in [0.25, 0.3) is 0 Å². The number of nitrogens with two attached hydrogens (primary N) is 2. The van der Waals surface area contributed by atoms with Crippen LogP contribution in [0.4, 0.5) is 5.69 Å². The Morgan fingerprint density at radius 2 is 0.931 bits per heavy atom. The van der Waals surface area contributed by atoms with Crippen LogP contribution in [0.1, 0.15) is 113 Å². The number of para-hydroxylation sites is 1. The van der Waals surface area contributed by atoms with E-state index in [0.29, 0.717) is 23.7 Å². The maximum atomic E-state index is 6.83. The van der Waals surface area contributed by atoms with Crippen LogP contribution in [0.5, 0.6) is 0 Å². The highest BCUT2D eigenvalue weighted by molar-refractivity contribution is 5.61. The number of benzene rings is 2. The van der Waals surface area contributed by atoms with E-state index in [2.05, 4.69) is 97.1 Å². The summed E-state index contributed by atoms with van der Waals surface area (Å²) in [6.45, 7) is 17.8. The fourth-order valence-corrected chi connectivity index (χ4v) is 4.15. The van der Waals surface area contributed by atoms with Crippen molar-refractivity contribution in [3.63, 3.8) is 0 Å². The first-order valence-corrected chi connectivity index (χ1v) is 11.1. The van der Waals surface area contributed by atoms with Crippen molar-refractivity contribution < 1.29 is 0 Å². The molecule has 0 bridgehead atoms. The summed E-state index contributed by atoms with van der Waals surface area (Å²) in [4.78, 5) is 0. The predicted octanol–water partition coefficient (Wildman–Crippen LogP) is 6.58. The fraction of sp³-hybridized carbons (Fsp3) is 0.538. The van der Waals surface area contributed by atoms with Crippen LogP contribution in [-0.2, 0) is 0 Å². The topological polar surface area (TPSA) is 64.1 Å². The van der Waals surface area contributed by atoms with Gasteiger partial charge >= 0.3 is 0 Å². The molecule has 2 aromatic carbocycles. The standard InChI is InChI=1S/C26H41N3/c1-15(2)19-11-9-12-20(16(3)4)23(19)24(27)26(28)29-25-21(17(5)6)13-10-14-22(25)18(7)8/h9-18,24,26,29H,27-28H2,1-8H3. The van der Waals surface area contributed by atoms with Gasteiger partial charge in [0.05, 0.1) is 12.2 Å². The Morgan fingerprint density at radius 3 is 1.28 bits per heavy atom. The number of anilines is 1. The molecule has 3 nitrogen and oxygen atoms in total. The van der Waals surface area contributed by atoms with Gasteiger partial charge in [-0.25, -0.2) is 0 Å². The van der Waals surface area contributed by atoms with E-state index < -0.39 is 0 Å². The molecule has 29 heavy (non-hydrogen) atoms. The molecule has 0 amide bonds. The van der Waals surface area contributed by atoms with Crippen molar-refractivity contribution in [3.05, 3.63) is 64.2 Å². The predicted molar refractivity (Wildman–Crippen MR) is 128 cm³/mol. The Hall–Kier alpha value is -1.84. The van der Waals surface area contributed by atoms with E-state index in [1.807, 2.05) is 0 Å². The molecule has 0 fully saturated rings.